The van der Waals surface area contributed by atoms with Crippen LogP contribution in [0.1, 0.15) is 6.42 Å². The first-order valence-corrected chi connectivity index (χ1v) is 10.2. The van der Waals surface area contributed by atoms with Gasteiger partial charge in [0.1, 0.15) is 0 Å². The minimum atomic E-state index is -3.89. The first-order valence-electron chi connectivity index (χ1n) is 6.95. The van der Waals surface area contributed by atoms with E-state index in [9.17, 15) is 21.2 Å². The standard InChI is InChI=1S/C13H19FN2O5S2/c1-21-13-5-4-11(10-12(13)14)23(19,20)16-7-3-6-15(8-9-16)22(2,17)18/h4-5,10H,3,6-9H2,1-2H3. The molecule has 0 bridgehead atoms. The first kappa shape index (κ1) is 18.1. The van der Waals surface area contributed by atoms with E-state index in [2.05, 4.69) is 0 Å². The summed E-state index contributed by atoms with van der Waals surface area (Å²) in [6.07, 6.45) is 1.47. The lowest BCUT2D eigenvalue weighted by Gasteiger charge is -2.21. The molecule has 1 aromatic rings. The van der Waals surface area contributed by atoms with Crippen molar-refractivity contribution in [2.24, 2.45) is 0 Å². The van der Waals surface area contributed by atoms with Gasteiger partial charge in [0.05, 0.1) is 18.3 Å². The van der Waals surface area contributed by atoms with Crippen molar-refractivity contribution in [3.05, 3.63) is 24.0 Å². The fourth-order valence-corrected chi connectivity index (χ4v) is 4.75. The number of hydrogen-bond acceptors (Lipinski definition) is 5. The molecule has 0 saturated carbocycles. The third-order valence-corrected chi connectivity index (χ3v) is 6.84. The lowest BCUT2D eigenvalue weighted by atomic mass is 10.3. The van der Waals surface area contributed by atoms with Gasteiger partial charge in [0.2, 0.25) is 20.0 Å². The van der Waals surface area contributed by atoms with E-state index in [0.717, 1.165) is 12.3 Å². The van der Waals surface area contributed by atoms with E-state index < -0.39 is 25.9 Å². The zero-order chi connectivity index (χ0) is 17.3. The van der Waals surface area contributed by atoms with Crippen LogP contribution in [0.25, 0.3) is 0 Å². The fraction of sp³-hybridized carbons (Fsp3) is 0.538. The van der Waals surface area contributed by atoms with Crippen molar-refractivity contribution in [1.29, 1.82) is 0 Å². The monoisotopic (exact) mass is 366 g/mol. The van der Waals surface area contributed by atoms with Crippen molar-refractivity contribution < 1.29 is 26.0 Å². The van der Waals surface area contributed by atoms with E-state index in [-0.39, 0.29) is 36.8 Å². The number of benzene rings is 1. The summed E-state index contributed by atoms with van der Waals surface area (Å²) in [5, 5.41) is 0. The second-order valence-corrected chi connectivity index (χ2v) is 9.14. The Morgan fingerprint density at radius 2 is 1.65 bits per heavy atom. The lowest BCUT2D eigenvalue weighted by Crippen LogP contribution is -2.37. The number of hydrogen-bond donors (Lipinski definition) is 0. The third kappa shape index (κ3) is 4.00. The lowest BCUT2D eigenvalue weighted by molar-refractivity contribution is 0.384. The van der Waals surface area contributed by atoms with Gasteiger partial charge < -0.3 is 4.74 Å². The van der Waals surface area contributed by atoms with E-state index in [4.69, 9.17) is 4.74 Å². The van der Waals surface area contributed by atoms with E-state index in [1.165, 1.54) is 27.9 Å². The molecule has 1 aliphatic rings. The molecule has 7 nitrogen and oxygen atoms in total. The molecule has 0 amide bonds. The van der Waals surface area contributed by atoms with Crippen molar-refractivity contribution in [3.63, 3.8) is 0 Å². The summed E-state index contributed by atoms with van der Waals surface area (Å²) < 4.78 is 69.3. The maximum Gasteiger partial charge on any atom is 0.243 e. The average molecular weight is 366 g/mol. The van der Waals surface area contributed by atoms with Crippen LogP contribution in [0.15, 0.2) is 23.1 Å². The molecule has 23 heavy (non-hydrogen) atoms. The molecule has 10 heteroatoms. The predicted molar refractivity (Wildman–Crippen MR) is 82.7 cm³/mol. The second-order valence-electron chi connectivity index (χ2n) is 5.22. The Balaban J connectivity index is 2.25. The van der Waals surface area contributed by atoms with Gasteiger partial charge in [-0.25, -0.2) is 25.5 Å². The molecular weight excluding hydrogens is 347 g/mol. The Morgan fingerprint density at radius 3 is 2.22 bits per heavy atom. The molecule has 0 radical (unpaired) electrons. The normalized spacial score (nSPS) is 18.6. The van der Waals surface area contributed by atoms with Gasteiger partial charge in [0.25, 0.3) is 0 Å². The van der Waals surface area contributed by atoms with Crippen LogP contribution >= 0.6 is 0 Å². The van der Waals surface area contributed by atoms with Crippen LogP contribution < -0.4 is 4.74 Å². The summed E-state index contributed by atoms with van der Waals surface area (Å²) in [6.45, 7) is 0.559. The van der Waals surface area contributed by atoms with Crippen LogP contribution in [0.5, 0.6) is 5.75 Å². The number of sulfonamides is 2. The third-order valence-electron chi connectivity index (χ3n) is 3.64. The number of rotatable bonds is 4. The predicted octanol–water partition coefficient (Wildman–Crippen LogP) is 0.490. The molecule has 0 aromatic heterocycles. The summed E-state index contributed by atoms with van der Waals surface area (Å²) >= 11 is 0. The summed E-state index contributed by atoms with van der Waals surface area (Å²) in [5.41, 5.74) is 0. The first-order chi connectivity index (χ1) is 10.7. The van der Waals surface area contributed by atoms with Crippen LogP contribution in [-0.2, 0) is 20.0 Å². The van der Waals surface area contributed by atoms with E-state index in [0.29, 0.717) is 6.42 Å². The van der Waals surface area contributed by atoms with Crippen molar-refractivity contribution in [2.45, 2.75) is 11.3 Å². The molecule has 1 fully saturated rings. The van der Waals surface area contributed by atoms with E-state index >= 15 is 0 Å². The minimum Gasteiger partial charge on any atom is -0.494 e. The van der Waals surface area contributed by atoms with Crippen molar-refractivity contribution in [3.8, 4) is 5.75 Å². The van der Waals surface area contributed by atoms with Gasteiger partial charge >= 0.3 is 0 Å². The molecule has 130 valence electrons. The van der Waals surface area contributed by atoms with Crippen LogP contribution in [0.4, 0.5) is 4.39 Å². The molecular formula is C13H19FN2O5S2. The van der Waals surface area contributed by atoms with Crippen LogP contribution in [0.2, 0.25) is 0 Å². The van der Waals surface area contributed by atoms with Gasteiger partial charge in [-0.3, -0.25) is 0 Å². The highest BCUT2D eigenvalue weighted by molar-refractivity contribution is 7.89. The maximum atomic E-state index is 13.8. The van der Waals surface area contributed by atoms with E-state index in [1.807, 2.05) is 0 Å². The largest absolute Gasteiger partial charge is 0.494 e. The number of nitrogens with zero attached hydrogens (tertiary/aromatic N) is 2. The van der Waals surface area contributed by atoms with Gasteiger partial charge in [-0.1, -0.05) is 0 Å². The topological polar surface area (TPSA) is 84.0 Å². The quantitative estimate of drug-likeness (QED) is 0.774. The summed E-state index contributed by atoms with van der Waals surface area (Å²) in [6, 6.07) is 3.44. The number of halogens is 1. The van der Waals surface area contributed by atoms with Crippen molar-refractivity contribution in [2.75, 3.05) is 39.5 Å². The van der Waals surface area contributed by atoms with E-state index in [1.54, 1.807) is 0 Å². The Hall–Kier alpha value is -1.23. The smallest absolute Gasteiger partial charge is 0.243 e. The molecule has 1 saturated heterocycles. The molecule has 1 heterocycles. The molecule has 2 rings (SSSR count). The van der Waals surface area contributed by atoms with Gasteiger partial charge in [0, 0.05) is 26.2 Å². The van der Waals surface area contributed by atoms with Crippen LogP contribution in [-0.4, -0.2) is 65.0 Å². The zero-order valence-corrected chi connectivity index (χ0v) is 14.5. The number of methoxy groups -OCH3 is 1. The molecule has 0 unspecified atom stereocenters. The fourth-order valence-electron chi connectivity index (χ4n) is 2.40. The summed E-state index contributed by atoms with van der Waals surface area (Å²) in [4.78, 5) is -0.177. The average Bonchev–Trinajstić information content (AvgIpc) is 2.73. The van der Waals surface area contributed by atoms with Crippen LogP contribution in [0, 0.1) is 5.82 Å². The summed E-state index contributed by atoms with van der Waals surface area (Å²) in [5.74, 6) is -0.802. The molecule has 0 spiro atoms. The van der Waals surface area contributed by atoms with Crippen LogP contribution in [0.3, 0.4) is 0 Å². The van der Waals surface area contributed by atoms with Gasteiger partial charge in [0.15, 0.2) is 11.6 Å². The molecule has 0 aliphatic carbocycles. The maximum absolute atomic E-state index is 13.8. The van der Waals surface area contributed by atoms with Gasteiger partial charge in [-0.15, -0.1) is 0 Å². The molecule has 1 aliphatic heterocycles. The molecule has 1 aromatic carbocycles. The second kappa shape index (κ2) is 6.71. The Bertz CT molecular complexity index is 780. The minimum absolute atomic E-state index is 0.0308. The highest BCUT2D eigenvalue weighted by atomic mass is 32.2. The molecule has 0 atom stereocenters. The molecule has 0 N–H and O–H groups in total. The highest BCUT2D eigenvalue weighted by Crippen LogP contribution is 2.24. The Morgan fingerprint density at radius 1 is 1.04 bits per heavy atom. The number of ether oxygens (including phenoxy) is 1. The Labute approximate surface area is 135 Å². The van der Waals surface area contributed by atoms with Crippen molar-refractivity contribution >= 4 is 20.0 Å². The SMILES string of the molecule is COc1ccc(S(=O)(=O)N2CCCN(S(C)(=O)=O)CC2)cc1F. The van der Waals surface area contributed by atoms with Gasteiger partial charge in [-0.05, 0) is 24.6 Å². The Kier molecular flexibility index (Phi) is 5.29. The summed E-state index contributed by atoms with van der Waals surface area (Å²) in [7, 11) is -5.96. The zero-order valence-electron chi connectivity index (χ0n) is 12.9. The van der Waals surface area contributed by atoms with Crippen molar-refractivity contribution in [1.82, 2.24) is 8.61 Å². The highest BCUT2D eigenvalue weighted by Gasteiger charge is 2.29. The van der Waals surface area contributed by atoms with Gasteiger partial charge in [-0.2, -0.15) is 4.31 Å².